The highest BCUT2D eigenvalue weighted by atomic mass is 15.2. The summed E-state index contributed by atoms with van der Waals surface area (Å²) in [6.45, 7) is 3.49. The SMILES string of the molecule is c1cc(CNC2CCN(C3CC3)CC2)[nH]n1. The van der Waals surface area contributed by atoms with E-state index in [9.17, 15) is 0 Å². The summed E-state index contributed by atoms with van der Waals surface area (Å²) in [7, 11) is 0. The normalized spacial score (nSPS) is 23.8. The quantitative estimate of drug-likeness (QED) is 0.799. The number of likely N-dealkylation sites (tertiary alicyclic amines) is 1. The monoisotopic (exact) mass is 220 g/mol. The second-order valence-electron chi connectivity index (χ2n) is 5.00. The van der Waals surface area contributed by atoms with Gasteiger partial charge in [-0.25, -0.2) is 0 Å². The minimum Gasteiger partial charge on any atom is -0.308 e. The summed E-state index contributed by atoms with van der Waals surface area (Å²) in [5.41, 5.74) is 1.18. The largest absolute Gasteiger partial charge is 0.308 e. The molecule has 16 heavy (non-hydrogen) atoms. The molecule has 1 saturated carbocycles. The van der Waals surface area contributed by atoms with Crippen molar-refractivity contribution in [3.05, 3.63) is 18.0 Å². The standard InChI is InChI=1S/C12H20N4/c1-2-12(1)16-7-4-10(5-8-16)13-9-11-3-6-14-15-11/h3,6,10,12-13H,1-2,4-5,7-9H2,(H,14,15). The number of hydrogen-bond donors (Lipinski definition) is 2. The molecule has 0 bridgehead atoms. The van der Waals surface area contributed by atoms with E-state index in [0.29, 0.717) is 6.04 Å². The van der Waals surface area contributed by atoms with Crippen LogP contribution in [0.15, 0.2) is 12.3 Å². The highest BCUT2D eigenvalue weighted by Gasteiger charge is 2.31. The summed E-state index contributed by atoms with van der Waals surface area (Å²) in [4.78, 5) is 2.66. The molecule has 0 spiro atoms. The van der Waals surface area contributed by atoms with Crippen molar-refractivity contribution >= 4 is 0 Å². The Morgan fingerprint density at radius 3 is 2.75 bits per heavy atom. The maximum atomic E-state index is 3.96. The minimum atomic E-state index is 0.693. The molecular formula is C12H20N4. The van der Waals surface area contributed by atoms with Gasteiger partial charge in [0, 0.05) is 30.5 Å². The Kier molecular flexibility index (Phi) is 2.93. The lowest BCUT2D eigenvalue weighted by molar-refractivity contribution is 0.189. The van der Waals surface area contributed by atoms with Gasteiger partial charge in [0.05, 0.1) is 0 Å². The predicted molar refractivity (Wildman–Crippen MR) is 63.0 cm³/mol. The third-order valence-electron chi connectivity index (χ3n) is 3.73. The van der Waals surface area contributed by atoms with Crippen LogP contribution in [-0.4, -0.2) is 40.3 Å². The third kappa shape index (κ3) is 2.44. The first-order chi connectivity index (χ1) is 7.92. The number of H-pyrrole nitrogens is 1. The van der Waals surface area contributed by atoms with Crippen LogP contribution in [-0.2, 0) is 6.54 Å². The Bertz CT molecular complexity index is 310. The van der Waals surface area contributed by atoms with Crippen molar-refractivity contribution in [2.75, 3.05) is 13.1 Å². The Morgan fingerprint density at radius 2 is 2.12 bits per heavy atom. The number of rotatable bonds is 4. The second-order valence-corrected chi connectivity index (χ2v) is 5.00. The molecule has 3 rings (SSSR count). The van der Waals surface area contributed by atoms with Crippen LogP contribution >= 0.6 is 0 Å². The molecule has 1 aromatic rings. The summed E-state index contributed by atoms with van der Waals surface area (Å²) >= 11 is 0. The van der Waals surface area contributed by atoms with Crippen molar-refractivity contribution < 1.29 is 0 Å². The molecule has 0 unspecified atom stereocenters. The Labute approximate surface area is 96.4 Å². The van der Waals surface area contributed by atoms with E-state index >= 15 is 0 Å². The molecule has 2 N–H and O–H groups in total. The first-order valence-electron chi connectivity index (χ1n) is 6.37. The van der Waals surface area contributed by atoms with E-state index in [1.807, 2.05) is 12.3 Å². The van der Waals surface area contributed by atoms with Crippen molar-refractivity contribution in [2.24, 2.45) is 0 Å². The van der Waals surface area contributed by atoms with Crippen LogP contribution in [0.2, 0.25) is 0 Å². The van der Waals surface area contributed by atoms with Gasteiger partial charge in [-0.05, 0) is 44.8 Å². The zero-order chi connectivity index (χ0) is 10.8. The summed E-state index contributed by atoms with van der Waals surface area (Å²) in [6, 6.07) is 3.67. The summed E-state index contributed by atoms with van der Waals surface area (Å²) in [5.74, 6) is 0. The molecule has 0 radical (unpaired) electrons. The van der Waals surface area contributed by atoms with Gasteiger partial charge >= 0.3 is 0 Å². The Balaban J connectivity index is 1.40. The van der Waals surface area contributed by atoms with Crippen molar-refractivity contribution in [1.82, 2.24) is 20.4 Å². The molecule has 2 aliphatic rings. The number of piperidine rings is 1. The summed E-state index contributed by atoms with van der Waals surface area (Å²) in [5, 5.41) is 10.6. The van der Waals surface area contributed by atoms with Crippen molar-refractivity contribution in [3.63, 3.8) is 0 Å². The van der Waals surface area contributed by atoms with Crippen LogP contribution in [0.25, 0.3) is 0 Å². The molecule has 1 aromatic heterocycles. The number of aromatic amines is 1. The van der Waals surface area contributed by atoms with E-state index < -0.39 is 0 Å². The third-order valence-corrected chi connectivity index (χ3v) is 3.73. The zero-order valence-corrected chi connectivity index (χ0v) is 9.65. The lowest BCUT2D eigenvalue weighted by Crippen LogP contribution is -2.43. The van der Waals surface area contributed by atoms with Gasteiger partial charge in [0.25, 0.3) is 0 Å². The van der Waals surface area contributed by atoms with Gasteiger partial charge in [-0.15, -0.1) is 0 Å². The fourth-order valence-corrected chi connectivity index (χ4v) is 2.55. The fraction of sp³-hybridized carbons (Fsp3) is 0.750. The van der Waals surface area contributed by atoms with Crippen molar-refractivity contribution in [3.8, 4) is 0 Å². The van der Waals surface area contributed by atoms with Gasteiger partial charge in [0.2, 0.25) is 0 Å². The molecule has 2 heterocycles. The van der Waals surface area contributed by atoms with Crippen LogP contribution in [0.5, 0.6) is 0 Å². The summed E-state index contributed by atoms with van der Waals surface area (Å²) < 4.78 is 0. The number of aromatic nitrogens is 2. The van der Waals surface area contributed by atoms with E-state index in [0.717, 1.165) is 12.6 Å². The molecule has 88 valence electrons. The highest BCUT2D eigenvalue weighted by Crippen LogP contribution is 2.29. The van der Waals surface area contributed by atoms with E-state index in [1.54, 1.807) is 0 Å². The minimum absolute atomic E-state index is 0.693. The van der Waals surface area contributed by atoms with Gasteiger partial charge < -0.3 is 10.2 Å². The molecule has 0 aromatic carbocycles. The van der Waals surface area contributed by atoms with E-state index in [4.69, 9.17) is 0 Å². The molecule has 0 atom stereocenters. The lowest BCUT2D eigenvalue weighted by Gasteiger charge is -2.32. The molecule has 2 fully saturated rings. The van der Waals surface area contributed by atoms with Crippen LogP contribution in [0.4, 0.5) is 0 Å². The van der Waals surface area contributed by atoms with Gasteiger partial charge in [0.15, 0.2) is 0 Å². The first kappa shape index (κ1) is 10.3. The van der Waals surface area contributed by atoms with E-state index in [-0.39, 0.29) is 0 Å². The van der Waals surface area contributed by atoms with Gasteiger partial charge in [0.1, 0.15) is 0 Å². The van der Waals surface area contributed by atoms with E-state index in [1.165, 1.54) is 44.5 Å². The molecule has 4 heteroatoms. The number of nitrogens with one attached hydrogen (secondary N) is 2. The maximum absolute atomic E-state index is 3.96. The predicted octanol–water partition coefficient (Wildman–Crippen LogP) is 1.13. The number of nitrogens with zero attached hydrogens (tertiary/aromatic N) is 2. The van der Waals surface area contributed by atoms with Crippen LogP contribution < -0.4 is 5.32 Å². The molecular weight excluding hydrogens is 200 g/mol. The Morgan fingerprint density at radius 1 is 1.31 bits per heavy atom. The molecule has 1 aliphatic heterocycles. The van der Waals surface area contributed by atoms with Gasteiger partial charge in [-0.1, -0.05) is 0 Å². The van der Waals surface area contributed by atoms with Crippen molar-refractivity contribution in [2.45, 2.75) is 44.3 Å². The topological polar surface area (TPSA) is 44.0 Å². The first-order valence-corrected chi connectivity index (χ1v) is 6.37. The average Bonchev–Trinajstić information content (AvgIpc) is 3.05. The van der Waals surface area contributed by atoms with Crippen LogP contribution in [0, 0.1) is 0 Å². The average molecular weight is 220 g/mol. The second kappa shape index (κ2) is 4.55. The molecule has 4 nitrogen and oxygen atoms in total. The number of hydrogen-bond acceptors (Lipinski definition) is 3. The molecule has 0 amide bonds. The van der Waals surface area contributed by atoms with Crippen LogP contribution in [0.1, 0.15) is 31.4 Å². The van der Waals surface area contributed by atoms with Gasteiger partial charge in [-0.3, -0.25) is 5.10 Å². The zero-order valence-electron chi connectivity index (χ0n) is 9.65. The van der Waals surface area contributed by atoms with Gasteiger partial charge in [-0.2, -0.15) is 5.10 Å². The molecule has 1 aliphatic carbocycles. The molecule has 1 saturated heterocycles. The van der Waals surface area contributed by atoms with Crippen LogP contribution in [0.3, 0.4) is 0 Å². The Hall–Kier alpha value is -0.870. The fourth-order valence-electron chi connectivity index (χ4n) is 2.55. The van der Waals surface area contributed by atoms with E-state index in [2.05, 4.69) is 20.4 Å². The van der Waals surface area contributed by atoms with Crippen molar-refractivity contribution in [1.29, 1.82) is 0 Å². The summed E-state index contributed by atoms with van der Waals surface area (Å²) in [6.07, 6.45) is 7.28. The smallest absolute Gasteiger partial charge is 0.0490 e. The lowest BCUT2D eigenvalue weighted by atomic mass is 10.0. The highest BCUT2D eigenvalue weighted by molar-refractivity contribution is 4.97. The maximum Gasteiger partial charge on any atom is 0.0490 e.